The summed E-state index contributed by atoms with van der Waals surface area (Å²) in [5, 5.41) is 13.9. The Morgan fingerprint density at radius 1 is 1.35 bits per heavy atom. The number of rotatable bonds is 6. The Bertz CT molecular complexity index is 571. The Morgan fingerprint density at radius 3 is 2.65 bits per heavy atom. The highest BCUT2D eigenvalue weighted by Crippen LogP contribution is 2.32. The second kappa shape index (κ2) is 6.67. The third-order valence-corrected chi connectivity index (χ3v) is 4.00. The van der Waals surface area contributed by atoms with Gasteiger partial charge >= 0.3 is 0 Å². The molecule has 1 aromatic carbocycles. The minimum atomic E-state index is -0.551. The highest BCUT2D eigenvalue weighted by Gasteiger charge is 2.32. The summed E-state index contributed by atoms with van der Waals surface area (Å²) >= 11 is 3.44. The molecule has 0 amide bonds. The highest BCUT2D eigenvalue weighted by molar-refractivity contribution is 9.10. The van der Waals surface area contributed by atoms with Gasteiger partial charge in [-0.15, -0.1) is 0 Å². The van der Waals surface area contributed by atoms with E-state index in [-0.39, 0.29) is 0 Å². The molecule has 0 saturated heterocycles. The number of unbranched alkanes of at least 4 members (excludes halogenated alkanes) is 1. The lowest BCUT2D eigenvalue weighted by atomic mass is 9.77. The Hall–Kier alpha value is -1.67. The van der Waals surface area contributed by atoms with Crippen LogP contribution in [0.15, 0.2) is 41.4 Å². The van der Waals surface area contributed by atoms with E-state index in [9.17, 15) is 5.26 Å². The van der Waals surface area contributed by atoms with Crippen LogP contribution in [0.4, 0.5) is 0 Å². The molecule has 1 unspecified atom stereocenters. The van der Waals surface area contributed by atoms with Gasteiger partial charge in [-0.2, -0.15) is 10.4 Å². The summed E-state index contributed by atoms with van der Waals surface area (Å²) < 4.78 is 2.75. The van der Waals surface area contributed by atoms with Crippen molar-refractivity contribution in [1.82, 2.24) is 14.8 Å². The molecule has 104 valence electrons. The van der Waals surface area contributed by atoms with Gasteiger partial charge in [0.25, 0.3) is 0 Å². The first-order valence-corrected chi connectivity index (χ1v) is 7.49. The van der Waals surface area contributed by atoms with E-state index in [1.54, 1.807) is 11.0 Å². The summed E-state index contributed by atoms with van der Waals surface area (Å²) in [7, 11) is 0. The van der Waals surface area contributed by atoms with E-state index in [1.165, 1.54) is 6.33 Å². The van der Waals surface area contributed by atoms with Gasteiger partial charge in [0.1, 0.15) is 18.1 Å². The molecule has 0 N–H and O–H groups in total. The molecular formula is C15H17BrN4. The van der Waals surface area contributed by atoms with Gasteiger partial charge in [-0.1, -0.05) is 47.8 Å². The number of hydrogen-bond donors (Lipinski definition) is 0. The van der Waals surface area contributed by atoms with Crippen molar-refractivity contribution in [2.24, 2.45) is 0 Å². The fraction of sp³-hybridized carbons (Fsp3) is 0.400. The van der Waals surface area contributed by atoms with Crippen LogP contribution >= 0.6 is 15.9 Å². The average Bonchev–Trinajstić information content (AvgIpc) is 2.97. The first-order chi connectivity index (χ1) is 9.70. The predicted octanol–water partition coefficient (Wildman–Crippen LogP) is 3.69. The summed E-state index contributed by atoms with van der Waals surface area (Å²) in [5.74, 6) is 0. The zero-order valence-electron chi connectivity index (χ0n) is 11.5. The SMILES string of the molecule is CCCCC(C#N)(Cn1cncn1)c1ccc(Br)cc1. The normalized spacial score (nSPS) is 13.7. The van der Waals surface area contributed by atoms with Crippen molar-refractivity contribution >= 4 is 15.9 Å². The van der Waals surface area contributed by atoms with Crippen LogP contribution in [0.3, 0.4) is 0 Å². The average molecular weight is 333 g/mol. The predicted molar refractivity (Wildman–Crippen MR) is 81.0 cm³/mol. The second-order valence-corrected chi connectivity index (χ2v) is 5.81. The van der Waals surface area contributed by atoms with Gasteiger partial charge < -0.3 is 0 Å². The molecule has 0 saturated carbocycles. The van der Waals surface area contributed by atoms with Gasteiger partial charge in [-0.05, 0) is 24.1 Å². The van der Waals surface area contributed by atoms with Crippen molar-refractivity contribution in [2.45, 2.75) is 38.1 Å². The van der Waals surface area contributed by atoms with Crippen LogP contribution in [-0.4, -0.2) is 14.8 Å². The minimum absolute atomic E-state index is 0.533. The quantitative estimate of drug-likeness (QED) is 0.810. The lowest BCUT2D eigenvalue weighted by Gasteiger charge is -2.27. The number of halogens is 1. The Kier molecular flexibility index (Phi) is 4.91. The summed E-state index contributed by atoms with van der Waals surface area (Å²) in [5.41, 5.74) is 0.483. The van der Waals surface area contributed by atoms with Crippen LogP contribution < -0.4 is 0 Å². The van der Waals surface area contributed by atoms with Crippen molar-refractivity contribution in [3.63, 3.8) is 0 Å². The van der Waals surface area contributed by atoms with Crippen LogP contribution in [0.25, 0.3) is 0 Å². The molecule has 0 aliphatic rings. The molecule has 1 heterocycles. The summed E-state index contributed by atoms with van der Waals surface area (Å²) in [6.45, 7) is 2.67. The van der Waals surface area contributed by atoms with E-state index in [0.29, 0.717) is 6.54 Å². The molecule has 20 heavy (non-hydrogen) atoms. The zero-order chi connectivity index (χ0) is 14.4. The third-order valence-electron chi connectivity index (χ3n) is 3.47. The first-order valence-electron chi connectivity index (χ1n) is 6.70. The van der Waals surface area contributed by atoms with Gasteiger partial charge in [0.15, 0.2) is 0 Å². The molecule has 5 heteroatoms. The minimum Gasteiger partial charge on any atom is -0.251 e. The van der Waals surface area contributed by atoms with Gasteiger partial charge in [-0.3, -0.25) is 4.68 Å². The molecule has 0 aliphatic heterocycles. The summed E-state index contributed by atoms with van der Waals surface area (Å²) in [4.78, 5) is 3.96. The van der Waals surface area contributed by atoms with Gasteiger partial charge in [-0.25, -0.2) is 4.98 Å². The number of aromatic nitrogens is 3. The molecule has 4 nitrogen and oxygen atoms in total. The maximum absolute atomic E-state index is 9.80. The smallest absolute Gasteiger partial charge is 0.137 e. The maximum atomic E-state index is 9.80. The van der Waals surface area contributed by atoms with Crippen LogP contribution in [0.1, 0.15) is 31.7 Å². The van der Waals surface area contributed by atoms with Crippen LogP contribution in [0, 0.1) is 11.3 Å². The van der Waals surface area contributed by atoms with Crippen molar-refractivity contribution in [2.75, 3.05) is 0 Å². The molecule has 0 aliphatic carbocycles. The van der Waals surface area contributed by atoms with E-state index in [4.69, 9.17) is 0 Å². The van der Waals surface area contributed by atoms with Crippen molar-refractivity contribution in [1.29, 1.82) is 5.26 Å². The topological polar surface area (TPSA) is 54.5 Å². The highest BCUT2D eigenvalue weighted by atomic mass is 79.9. The van der Waals surface area contributed by atoms with E-state index >= 15 is 0 Å². The molecule has 2 aromatic rings. The second-order valence-electron chi connectivity index (χ2n) is 4.90. The monoisotopic (exact) mass is 332 g/mol. The number of benzene rings is 1. The van der Waals surface area contributed by atoms with E-state index in [2.05, 4.69) is 39.0 Å². The van der Waals surface area contributed by atoms with Gasteiger partial charge in [0.05, 0.1) is 12.6 Å². The van der Waals surface area contributed by atoms with Crippen LogP contribution in [0.2, 0.25) is 0 Å². The van der Waals surface area contributed by atoms with E-state index in [0.717, 1.165) is 29.3 Å². The molecule has 2 rings (SSSR count). The number of nitriles is 1. The molecule has 0 bridgehead atoms. The van der Waals surface area contributed by atoms with Gasteiger partial charge in [0, 0.05) is 4.47 Å². The Balaban J connectivity index is 2.36. The lowest BCUT2D eigenvalue weighted by Crippen LogP contribution is -2.30. The fourth-order valence-electron chi connectivity index (χ4n) is 2.31. The van der Waals surface area contributed by atoms with Crippen molar-refractivity contribution in [3.05, 3.63) is 47.0 Å². The summed E-state index contributed by atoms with van der Waals surface area (Å²) in [6, 6.07) is 10.5. The van der Waals surface area contributed by atoms with E-state index < -0.39 is 5.41 Å². The Labute approximate surface area is 127 Å². The first kappa shape index (κ1) is 14.7. The maximum Gasteiger partial charge on any atom is 0.137 e. The Morgan fingerprint density at radius 2 is 2.10 bits per heavy atom. The van der Waals surface area contributed by atoms with Crippen LogP contribution in [-0.2, 0) is 12.0 Å². The lowest BCUT2D eigenvalue weighted by molar-refractivity contribution is 0.390. The standard InChI is InChI=1S/C15H17BrN4/c1-2-3-8-15(9-17,10-20-12-18-11-19-20)13-4-6-14(16)7-5-13/h4-7,11-12H,2-3,8,10H2,1H3. The zero-order valence-corrected chi connectivity index (χ0v) is 13.0. The molecule has 1 atom stereocenters. The molecule has 0 spiro atoms. The largest absolute Gasteiger partial charge is 0.251 e. The third kappa shape index (κ3) is 3.26. The number of nitrogens with zero attached hydrogens (tertiary/aromatic N) is 4. The fourth-order valence-corrected chi connectivity index (χ4v) is 2.57. The van der Waals surface area contributed by atoms with E-state index in [1.807, 2.05) is 24.3 Å². The van der Waals surface area contributed by atoms with Gasteiger partial charge in [0.2, 0.25) is 0 Å². The summed E-state index contributed by atoms with van der Waals surface area (Å²) in [6.07, 6.45) is 6.07. The molecule has 1 aromatic heterocycles. The van der Waals surface area contributed by atoms with Crippen molar-refractivity contribution < 1.29 is 0 Å². The molecule has 0 fully saturated rings. The molecule has 0 radical (unpaired) electrons. The van der Waals surface area contributed by atoms with Crippen molar-refractivity contribution in [3.8, 4) is 6.07 Å². The number of hydrogen-bond acceptors (Lipinski definition) is 3. The van der Waals surface area contributed by atoms with Crippen LogP contribution in [0.5, 0.6) is 0 Å². The molecular weight excluding hydrogens is 316 g/mol.